The molecular formula is C17H13F8N3O. The molecule has 0 spiro atoms. The van der Waals surface area contributed by atoms with Crippen LogP contribution < -0.4 is 0 Å². The van der Waals surface area contributed by atoms with E-state index in [4.69, 9.17) is 0 Å². The summed E-state index contributed by atoms with van der Waals surface area (Å²) in [5, 5.41) is 9.76. The fourth-order valence-corrected chi connectivity index (χ4v) is 2.70. The predicted molar refractivity (Wildman–Crippen MR) is 85.5 cm³/mol. The summed E-state index contributed by atoms with van der Waals surface area (Å²) >= 11 is 0. The van der Waals surface area contributed by atoms with Crippen molar-refractivity contribution in [3.05, 3.63) is 47.9 Å². The molecule has 1 atom stereocenters. The smallest absolute Gasteiger partial charge is 0.375 e. The lowest BCUT2D eigenvalue weighted by Gasteiger charge is -2.40. The lowest BCUT2D eigenvalue weighted by atomic mass is 10.0. The van der Waals surface area contributed by atoms with Gasteiger partial charge >= 0.3 is 12.4 Å². The van der Waals surface area contributed by atoms with Crippen molar-refractivity contribution >= 4 is 6.20 Å². The van der Waals surface area contributed by atoms with E-state index in [9.17, 15) is 40.2 Å². The number of aliphatic hydroxyl groups excluding tert-OH is 1. The lowest BCUT2D eigenvalue weighted by molar-refractivity contribution is -0.171. The molecule has 1 unspecified atom stereocenters. The minimum Gasteiger partial charge on any atom is -0.375 e. The van der Waals surface area contributed by atoms with E-state index >= 15 is 0 Å². The third kappa shape index (κ3) is 4.93. The summed E-state index contributed by atoms with van der Waals surface area (Å²) in [5.74, 6) is -2.88. The molecule has 1 saturated heterocycles. The molecule has 1 N–H and O–H groups in total. The third-order valence-corrected chi connectivity index (χ3v) is 4.16. The number of likely N-dealkylation sites (tertiary alicyclic amines) is 1. The third-order valence-electron chi connectivity index (χ3n) is 4.16. The Hall–Kier alpha value is -2.47. The molecule has 4 nitrogen and oxygen atoms in total. The average molecular weight is 427 g/mol. The maximum Gasteiger partial charge on any atom is 0.416 e. The van der Waals surface area contributed by atoms with Crippen molar-refractivity contribution in [3.63, 3.8) is 0 Å². The van der Waals surface area contributed by atoms with Crippen LogP contribution in [0.25, 0.3) is 17.5 Å². The summed E-state index contributed by atoms with van der Waals surface area (Å²) in [6.07, 6.45) is -6.72. The minimum absolute atomic E-state index is 0.0135. The molecule has 2 aromatic rings. The summed E-state index contributed by atoms with van der Waals surface area (Å²) in [7, 11) is 0. The minimum atomic E-state index is -4.98. The number of hydrogen-bond donors (Lipinski definition) is 1. The molecule has 12 heteroatoms. The Bertz CT molecular complexity index is 876. The first-order valence-electron chi connectivity index (χ1n) is 8.06. The average Bonchev–Trinajstić information content (AvgIpc) is 3.04. The number of aliphatic hydroxyl groups is 1. The van der Waals surface area contributed by atoms with Crippen LogP contribution in [0.15, 0.2) is 36.8 Å². The zero-order chi connectivity index (χ0) is 21.6. The first-order valence-corrected chi connectivity index (χ1v) is 8.06. The number of halogens is 8. The molecule has 1 aliphatic heterocycles. The molecule has 0 aliphatic carbocycles. The highest BCUT2D eigenvalue weighted by Gasteiger charge is 2.45. The lowest BCUT2D eigenvalue weighted by Crippen LogP contribution is -2.59. The Labute approximate surface area is 158 Å². The van der Waals surface area contributed by atoms with Crippen molar-refractivity contribution in [2.24, 2.45) is 0 Å². The van der Waals surface area contributed by atoms with E-state index in [-0.39, 0.29) is 11.8 Å². The fourth-order valence-electron chi connectivity index (χ4n) is 2.70. The Morgan fingerprint density at radius 1 is 1.00 bits per heavy atom. The van der Waals surface area contributed by atoms with Gasteiger partial charge in [0, 0.05) is 18.0 Å². The molecule has 1 aromatic heterocycles. The number of imidazole rings is 1. The molecule has 0 saturated carbocycles. The predicted octanol–water partition coefficient (Wildman–Crippen LogP) is 4.33. The first-order chi connectivity index (χ1) is 13.2. The van der Waals surface area contributed by atoms with Crippen LogP contribution in [0.5, 0.6) is 0 Å². The van der Waals surface area contributed by atoms with Crippen LogP contribution in [-0.2, 0) is 12.4 Å². The van der Waals surface area contributed by atoms with Crippen molar-refractivity contribution in [2.75, 3.05) is 13.1 Å². The van der Waals surface area contributed by atoms with Gasteiger partial charge in [0.1, 0.15) is 6.23 Å². The highest BCUT2D eigenvalue weighted by Crippen LogP contribution is 2.38. The molecule has 2 heterocycles. The SMILES string of the molecule is OC(/C=C\n1cnc(-c2cc(C(F)(F)F)cc(C(F)(F)F)c2)c1)N1CC(F)(F)C1. The Morgan fingerprint density at radius 2 is 1.55 bits per heavy atom. The van der Waals surface area contributed by atoms with Crippen LogP contribution in [0, 0.1) is 0 Å². The monoisotopic (exact) mass is 427 g/mol. The summed E-state index contributed by atoms with van der Waals surface area (Å²) in [6.45, 7) is -1.25. The van der Waals surface area contributed by atoms with Crippen molar-refractivity contribution < 1.29 is 40.2 Å². The molecule has 0 bridgehead atoms. The van der Waals surface area contributed by atoms with E-state index in [1.54, 1.807) is 0 Å². The largest absolute Gasteiger partial charge is 0.416 e. The van der Waals surface area contributed by atoms with Crippen molar-refractivity contribution in [2.45, 2.75) is 24.5 Å². The normalized spacial score (nSPS) is 18.8. The van der Waals surface area contributed by atoms with Gasteiger partial charge < -0.3 is 9.67 Å². The Kier molecular flexibility index (Phi) is 5.20. The molecule has 1 fully saturated rings. The maximum atomic E-state index is 12.9. The summed E-state index contributed by atoms with van der Waals surface area (Å²) in [6, 6.07) is 1.10. The fraction of sp³-hybridized carbons (Fsp3) is 0.353. The van der Waals surface area contributed by atoms with Crippen molar-refractivity contribution in [3.8, 4) is 11.3 Å². The number of alkyl halides is 8. The summed E-state index contributed by atoms with van der Waals surface area (Å²) in [5.41, 5.74) is -3.51. The summed E-state index contributed by atoms with van der Waals surface area (Å²) in [4.78, 5) is 4.84. The number of hydrogen-bond acceptors (Lipinski definition) is 3. The molecule has 1 aliphatic rings. The van der Waals surface area contributed by atoms with Gasteiger partial charge in [0.05, 0.1) is 36.2 Å². The van der Waals surface area contributed by atoms with Crippen LogP contribution in [0.1, 0.15) is 11.1 Å². The van der Waals surface area contributed by atoms with Gasteiger partial charge in [-0.25, -0.2) is 13.8 Å². The van der Waals surface area contributed by atoms with Crippen LogP contribution in [0.4, 0.5) is 35.1 Å². The van der Waals surface area contributed by atoms with Gasteiger partial charge in [-0.05, 0) is 24.3 Å². The van der Waals surface area contributed by atoms with E-state index in [1.165, 1.54) is 10.8 Å². The van der Waals surface area contributed by atoms with Crippen LogP contribution in [0.2, 0.25) is 0 Å². The highest BCUT2D eigenvalue weighted by molar-refractivity contribution is 5.62. The van der Waals surface area contributed by atoms with Gasteiger partial charge in [0.25, 0.3) is 5.92 Å². The Morgan fingerprint density at radius 3 is 2.03 bits per heavy atom. The molecule has 158 valence electrons. The van der Waals surface area contributed by atoms with E-state index in [1.807, 2.05) is 0 Å². The van der Waals surface area contributed by atoms with Gasteiger partial charge in [-0.3, -0.25) is 4.90 Å². The topological polar surface area (TPSA) is 41.3 Å². The van der Waals surface area contributed by atoms with E-state index < -0.39 is 54.3 Å². The van der Waals surface area contributed by atoms with Gasteiger partial charge in [-0.15, -0.1) is 0 Å². The second kappa shape index (κ2) is 7.10. The Balaban J connectivity index is 1.83. The maximum absolute atomic E-state index is 12.9. The molecule has 3 rings (SSSR count). The molecule has 29 heavy (non-hydrogen) atoms. The van der Waals surface area contributed by atoms with Crippen LogP contribution in [0.3, 0.4) is 0 Å². The van der Waals surface area contributed by atoms with Crippen molar-refractivity contribution in [1.29, 1.82) is 0 Å². The summed E-state index contributed by atoms with van der Waals surface area (Å²) < 4.78 is 104. The number of aromatic nitrogens is 2. The standard InChI is InChI=1S/C17H13F8N3O/c18-15(19)7-28(8-15)14(29)1-2-27-6-13(26-9-27)10-3-11(16(20,21)22)5-12(4-10)17(23,24)25/h1-6,9,14,29H,7-8H2/b2-1-. The zero-order valence-corrected chi connectivity index (χ0v) is 14.3. The highest BCUT2D eigenvalue weighted by atomic mass is 19.4. The van der Waals surface area contributed by atoms with Crippen LogP contribution >= 0.6 is 0 Å². The second-order valence-corrected chi connectivity index (χ2v) is 6.52. The van der Waals surface area contributed by atoms with Crippen LogP contribution in [-0.4, -0.2) is 44.8 Å². The molecular weight excluding hydrogens is 414 g/mol. The first kappa shape index (κ1) is 21.2. The van der Waals surface area contributed by atoms with Gasteiger partial charge in [-0.2, -0.15) is 26.3 Å². The quantitative estimate of drug-likeness (QED) is 0.739. The van der Waals surface area contributed by atoms with Gasteiger partial charge in [0.15, 0.2) is 0 Å². The zero-order valence-electron chi connectivity index (χ0n) is 14.3. The van der Waals surface area contributed by atoms with Crippen molar-refractivity contribution in [1.82, 2.24) is 14.5 Å². The number of rotatable bonds is 4. The molecule has 0 amide bonds. The number of benzene rings is 1. The van der Waals surface area contributed by atoms with Gasteiger partial charge in [-0.1, -0.05) is 0 Å². The van der Waals surface area contributed by atoms with E-state index in [0.717, 1.165) is 23.5 Å². The molecule has 0 radical (unpaired) electrons. The number of nitrogens with zero attached hydrogens (tertiary/aromatic N) is 3. The van der Waals surface area contributed by atoms with E-state index in [0.29, 0.717) is 12.1 Å². The van der Waals surface area contributed by atoms with Gasteiger partial charge in [0.2, 0.25) is 0 Å². The van der Waals surface area contributed by atoms with E-state index in [2.05, 4.69) is 4.98 Å². The molecule has 1 aromatic carbocycles. The second-order valence-electron chi connectivity index (χ2n) is 6.52.